The van der Waals surface area contributed by atoms with Crippen LogP contribution in [0.3, 0.4) is 0 Å². The molecule has 4 heteroatoms. The van der Waals surface area contributed by atoms with E-state index in [1.165, 1.54) is 4.88 Å². The Morgan fingerprint density at radius 3 is 2.65 bits per heavy atom. The number of nitrogens with one attached hydrogen (secondary N) is 1. The van der Waals surface area contributed by atoms with Crippen LogP contribution >= 0.6 is 11.3 Å². The highest BCUT2D eigenvalue weighted by molar-refractivity contribution is 7.09. The van der Waals surface area contributed by atoms with Crippen molar-refractivity contribution in [3.8, 4) is 0 Å². The lowest BCUT2D eigenvalue weighted by molar-refractivity contribution is -0.122. The van der Waals surface area contributed by atoms with Gasteiger partial charge in [0.2, 0.25) is 5.91 Å². The topological polar surface area (TPSA) is 55.1 Å². The summed E-state index contributed by atoms with van der Waals surface area (Å²) in [6.07, 6.45) is 3.47. The van der Waals surface area contributed by atoms with Crippen molar-refractivity contribution in [3.63, 3.8) is 0 Å². The first-order chi connectivity index (χ1) is 9.52. The molecule has 1 heterocycles. The number of nitrogens with two attached hydrogens (primary N) is 1. The summed E-state index contributed by atoms with van der Waals surface area (Å²) in [4.78, 5) is 13.3. The summed E-state index contributed by atoms with van der Waals surface area (Å²) >= 11 is 1.74. The van der Waals surface area contributed by atoms with E-state index < -0.39 is 0 Å². The molecule has 0 radical (unpaired) electrons. The average molecular weight is 296 g/mol. The van der Waals surface area contributed by atoms with Crippen LogP contribution in [0, 0.1) is 11.8 Å². The predicted molar refractivity (Wildman–Crippen MR) is 86.9 cm³/mol. The van der Waals surface area contributed by atoms with E-state index in [0.29, 0.717) is 24.8 Å². The summed E-state index contributed by atoms with van der Waals surface area (Å²) in [6, 6.07) is 4.37. The Hall–Kier alpha value is -0.870. The van der Waals surface area contributed by atoms with Gasteiger partial charge in [0.05, 0.1) is 0 Å². The van der Waals surface area contributed by atoms with Crippen molar-refractivity contribution < 1.29 is 4.79 Å². The maximum absolute atomic E-state index is 12.0. The van der Waals surface area contributed by atoms with Gasteiger partial charge in [-0.2, -0.15) is 0 Å². The molecule has 0 aliphatic carbocycles. The van der Waals surface area contributed by atoms with Gasteiger partial charge in [-0.15, -0.1) is 11.3 Å². The molecule has 2 atom stereocenters. The number of hydrogen-bond donors (Lipinski definition) is 2. The van der Waals surface area contributed by atoms with Gasteiger partial charge < -0.3 is 11.1 Å². The van der Waals surface area contributed by atoms with Gasteiger partial charge >= 0.3 is 0 Å². The summed E-state index contributed by atoms with van der Waals surface area (Å²) < 4.78 is 0. The number of hydrogen-bond acceptors (Lipinski definition) is 3. The minimum Gasteiger partial charge on any atom is -0.353 e. The molecule has 1 amide bonds. The maximum Gasteiger partial charge on any atom is 0.220 e. The number of rotatable bonds is 9. The summed E-state index contributed by atoms with van der Waals surface area (Å²) in [7, 11) is 0. The third-order valence-electron chi connectivity index (χ3n) is 3.72. The van der Waals surface area contributed by atoms with Crippen molar-refractivity contribution >= 4 is 17.2 Å². The van der Waals surface area contributed by atoms with E-state index in [1.807, 2.05) is 0 Å². The Morgan fingerprint density at radius 2 is 2.10 bits per heavy atom. The molecule has 20 heavy (non-hydrogen) atoms. The van der Waals surface area contributed by atoms with Crippen molar-refractivity contribution in [1.82, 2.24) is 5.32 Å². The van der Waals surface area contributed by atoms with E-state index in [0.717, 1.165) is 19.3 Å². The predicted octanol–water partition coefficient (Wildman–Crippen LogP) is 3.20. The molecular formula is C16H28N2OS. The largest absolute Gasteiger partial charge is 0.353 e. The zero-order valence-electron chi connectivity index (χ0n) is 12.9. The molecule has 1 aromatic heterocycles. The van der Waals surface area contributed by atoms with E-state index in [1.54, 1.807) is 11.3 Å². The standard InChI is InChI=1S/C16H28N2OS/c1-12(2)14(8-9-17)6-7-16(19)18-13(3)11-15-5-4-10-20-15/h4-5,10,12-14H,6-9,11,17H2,1-3H3,(H,18,19). The van der Waals surface area contributed by atoms with Crippen LogP contribution in [0.1, 0.15) is 44.9 Å². The van der Waals surface area contributed by atoms with Crippen LogP contribution < -0.4 is 11.1 Å². The van der Waals surface area contributed by atoms with Gasteiger partial charge in [-0.05, 0) is 49.6 Å². The molecule has 0 aliphatic heterocycles. The first kappa shape index (κ1) is 17.2. The molecule has 0 fully saturated rings. The Labute approximate surface area is 127 Å². The zero-order chi connectivity index (χ0) is 15.0. The molecule has 0 spiro atoms. The molecule has 0 aromatic carbocycles. The van der Waals surface area contributed by atoms with Crippen molar-refractivity contribution in [2.75, 3.05) is 6.54 Å². The lowest BCUT2D eigenvalue weighted by atomic mass is 9.88. The highest BCUT2D eigenvalue weighted by atomic mass is 32.1. The molecular weight excluding hydrogens is 268 g/mol. The summed E-state index contributed by atoms with van der Waals surface area (Å²) in [5, 5.41) is 5.16. The van der Waals surface area contributed by atoms with Gasteiger partial charge in [0.1, 0.15) is 0 Å². The molecule has 0 saturated carbocycles. The minimum absolute atomic E-state index is 0.164. The highest BCUT2D eigenvalue weighted by Crippen LogP contribution is 2.20. The molecule has 114 valence electrons. The van der Waals surface area contributed by atoms with Crippen LogP contribution in [0.25, 0.3) is 0 Å². The van der Waals surface area contributed by atoms with E-state index in [4.69, 9.17) is 5.73 Å². The van der Waals surface area contributed by atoms with Crippen molar-refractivity contribution in [2.24, 2.45) is 17.6 Å². The zero-order valence-corrected chi connectivity index (χ0v) is 13.7. The highest BCUT2D eigenvalue weighted by Gasteiger charge is 2.15. The third kappa shape index (κ3) is 6.53. The molecule has 2 unspecified atom stereocenters. The van der Waals surface area contributed by atoms with Crippen LogP contribution in [-0.2, 0) is 11.2 Å². The SMILES string of the molecule is CC(Cc1cccs1)NC(=O)CCC(CCN)C(C)C. The van der Waals surface area contributed by atoms with E-state index in [9.17, 15) is 4.79 Å². The van der Waals surface area contributed by atoms with Crippen LogP contribution in [-0.4, -0.2) is 18.5 Å². The first-order valence-corrected chi connectivity index (χ1v) is 8.42. The third-order valence-corrected chi connectivity index (χ3v) is 4.62. The maximum atomic E-state index is 12.0. The van der Waals surface area contributed by atoms with Crippen LogP contribution in [0.4, 0.5) is 0 Å². The molecule has 1 aromatic rings. The molecule has 0 saturated heterocycles. The Balaban J connectivity index is 2.28. The smallest absolute Gasteiger partial charge is 0.220 e. The summed E-state index contributed by atoms with van der Waals surface area (Å²) in [5.41, 5.74) is 5.63. The summed E-state index contributed by atoms with van der Waals surface area (Å²) in [5.74, 6) is 1.31. The second-order valence-electron chi connectivity index (χ2n) is 5.87. The fourth-order valence-electron chi connectivity index (χ4n) is 2.47. The molecule has 3 N–H and O–H groups in total. The molecule has 1 rings (SSSR count). The second-order valence-corrected chi connectivity index (χ2v) is 6.90. The summed E-state index contributed by atoms with van der Waals surface area (Å²) in [6.45, 7) is 7.19. The van der Waals surface area contributed by atoms with Gasteiger partial charge in [-0.1, -0.05) is 19.9 Å². The van der Waals surface area contributed by atoms with Gasteiger partial charge in [0.25, 0.3) is 0 Å². The number of carbonyl (C=O) groups is 1. The second kappa shape index (κ2) is 9.14. The minimum atomic E-state index is 0.164. The van der Waals surface area contributed by atoms with Crippen LogP contribution in [0.2, 0.25) is 0 Å². The molecule has 0 aliphatic rings. The van der Waals surface area contributed by atoms with Gasteiger partial charge in [-0.3, -0.25) is 4.79 Å². The Bertz CT molecular complexity index is 376. The van der Waals surface area contributed by atoms with E-state index in [2.05, 4.69) is 43.6 Å². The van der Waals surface area contributed by atoms with Crippen molar-refractivity contribution in [2.45, 2.75) is 52.5 Å². The Kier molecular flexibility index (Phi) is 7.85. The van der Waals surface area contributed by atoms with Crippen molar-refractivity contribution in [1.29, 1.82) is 0 Å². The van der Waals surface area contributed by atoms with Gasteiger partial charge in [-0.25, -0.2) is 0 Å². The fraction of sp³-hybridized carbons (Fsp3) is 0.688. The first-order valence-electron chi connectivity index (χ1n) is 7.54. The average Bonchev–Trinajstić information content (AvgIpc) is 2.86. The fourth-order valence-corrected chi connectivity index (χ4v) is 3.31. The van der Waals surface area contributed by atoms with E-state index >= 15 is 0 Å². The van der Waals surface area contributed by atoms with Crippen molar-refractivity contribution in [3.05, 3.63) is 22.4 Å². The van der Waals surface area contributed by atoms with Gasteiger partial charge in [0.15, 0.2) is 0 Å². The number of amides is 1. The molecule has 3 nitrogen and oxygen atoms in total. The quantitative estimate of drug-likeness (QED) is 0.735. The molecule has 0 bridgehead atoms. The van der Waals surface area contributed by atoms with Crippen LogP contribution in [0.5, 0.6) is 0 Å². The Morgan fingerprint density at radius 1 is 1.35 bits per heavy atom. The normalized spacial score (nSPS) is 14.2. The number of carbonyl (C=O) groups excluding carboxylic acids is 1. The van der Waals surface area contributed by atoms with Gasteiger partial charge in [0, 0.05) is 23.8 Å². The monoisotopic (exact) mass is 296 g/mol. The lowest BCUT2D eigenvalue weighted by Crippen LogP contribution is -2.34. The van der Waals surface area contributed by atoms with E-state index in [-0.39, 0.29) is 11.9 Å². The van der Waals surface area contributed by atoms with Crippen LogP contribution in [0.15, 0.2) is 17.5 Å². The lowest BCUT2D eigenvalue weighted by Gasteiger charge is -2.20. The number of thiophene rings is 1.